The molecular weight excluding hydrogens is 198 g/mol. The normalized spacial score (nSPS) is 19.9. The summed E-state index contributed by atoms with van der Waals surface area (Å²) >= 11 is 0. The molecule has 2 aliphatic heterocycles. The Hall–Kier alpha value is -1.22. The standard InChI is InChI=1S/C13H18N3/c1-2-6-13-12(5-1)14-11-16(13)10-9-15-7-3-4-8-15/h1-2,5-6,11,14H,3-4,7-10H2. The number of hydrogen-bond acceptors (Lipinski definition) is 3. The van der Waals surface area contributed by atoms with Gasteiger partial charge in [0.1, 0.15) is 6.67 Å². The van der Waals surface area contributed by atoms with Gasteiger partial charge in [-0.2, -0.15) is 0 Å². The zero-order valence-electron chi connectivity index (χ0n) is 9.52. The molecular formula is C13H18N3. The number of hydrogen-bond donors (Lipinski definition) is 1. The molecule has 3 rings (SSSR count). The van der Waals surface area contributed by atoms with Gasteiger partial charge in [-0.05, 0) is 38.1 Å². The maximum atomic E-state index is 3.31. The Morgan fingerprint density at radius 3 is 2.75 bits per heavy atom. The molecule has 2 aliphatic rings. The fourth-order valence-corrected chi connectivity index (χ4v) is 2.50. The van der Waals surface area contributed by atoms with Crippen LogP contribution < -0.4 is 10.2 Å². The second kappa shape index (κ2) is 4.34. The van der Waals surface area contributed by atoms with Crippen LogP contribution in [0, 0.1) is 6.67 Å². The first-order valence-corrected chi connectivity index (χ1v) is 6.11. The summed E-state index contributed by atoms with van der Waals surface area (Å²) in [6.45, 7) is 6.91. The van der Waals surface area contributed by atoms with Crippen LogP contribution in [0.25, 0.3) is 0 Å². The Labute approximate surface area is 97.0 Å². The highest BCUT2D eigenvalue weighted by atomic mass is 15.3. The Kier molecular flexibility index (Phi) is 2.70. The Morgan fingerprint density at radius 1 is 1.06 bits per heavy atom. The summed E-state index contributed by atoms with van der Waals surface area (Å²) in [6, 6.07) is 8.48. The number of anilines is 2. The van der Waals surface area contributed by atoms with Crippen LogP contribution in [0.1, 0.15) is 12.8 Å². The topological polar surface area (TPSA) is 18.5 Å². The minimum Gasteiger partial charge on any atom is -0.360 e. The molecule has 0 aliphatic carbocycles. The Bertz CT molecular complexity index is 358. The minimum atomic E-state index is 1.09. The predicted octanol–water partition coefficient (Wildman–Crippen LogP) is 2.13. The molecule has 0 spiro atoms. The van der Waals surface area contributed by atoms with Crippen molar-refractivity contribution in [2.24, 2.45) is 0 Å². The number of rotatable bonds is 3. The van der Waals surface area contributed by atoms with Crippen molar-refractivity contribution >= 4 is 11.4 Å². The summed E-state index contributed by atoms with van der Waals surface area (Å²) in [5.41, 5.74) is 2.53. The molecule has 1 N–H and O–H groups in total. The van der Waals surface area contributed by atoms with Crippen LogP contribution in [0.4, 0.5) is 11.4 Å². The maximum Gasteiger partial charge on any atom is 0.139 e. The van der Waals surface area contributed by atoms with E-state index in [1.165, 1.54) is 43.9 Å². The van der Waals surface area contributed by atoms with E-state index >= 15 is 0 Å². The smallest absolute Gasteiger partial charge is 0.139 e. The molecule has 0 atom stereocenters. The predicted molar refractivity (Wildman–Crippen MR) is 67.4 cm³/mol. The van der Waals surface area contributed by atoms with E-state index in [2.05, 4.69) is 46.1 Å². The highest BCUT2D eigenvalue weighted by molar-refractivity contribution is 5.76. The second-order valence-corrected chi connectivity index (χ2v) is 4.53. The van der Waals surface area contributed by atoms with Crippen LogP contribution in [0.5, 0.6) is 0 Å². The zero-order chi connectivity index (χ0) is 10.8. The van der Waals surface area contributed by atoms with Crippen LogP contribution in [0.3, 0.4) is 0 Å². The van der Waals surface area contributed by atoms with Gasteiger partial charge in [0.2, 0.25) is 0 Å². The van der Waals surface area contributed by atoms with E-state index in [1.807, 2.05) is 0 Å². The summed E-state index contributed by atoms with van der Waals surface area (Å²) in [6.07, 6.45) is 2.75. The molecule has 1 radical (unpaired) electrons. The second-order valence-electron chi connectivity index (χ2n) is 4.53. The molecule has 2 heterocycles. The van der Waals surface area contributed by atoms with E-state index in [1.54, 1.807) is 0 Å². The van der Waals surface area contributed by atoms with E-state index in [0.717, 1.165) is 6.54 Å². The van der Waals surface area contributed by atoms with E-state index in [9.17, 15) is 0 Å². The SMILES string of the molecule is [CH]1Nc2ccccc2N1CCN1CCCC1. The first kappa shape index (κ1) is 9.97. The van der Waals surface area contributed by atoms with Crippen molar-refractivity contribution in [1.29, 1.82) is 0 Å². The fourth-order valence-electron chi connectivity index (χ4n) is 2.50. The number of fused-ring (bicyclic) bond motifs is 1. The summed E-state index contributed by atoms with van der Waals surface area (Å²) in [5.74, 6) is 0. The lowest BCUT2D eigenvalue weighted by molar-refractivity contribution is 0.347. The monoisotopic (exact) mass is 216 g/mol. The van der Waals surface area contributed by atoms with E-state index in [0.29, 0.717) is 0 Å². The molecule has 3 heteroatoms. The minimum absolute atomic E-state index is 1.09. The number of nitrogens with zero attached hydrogens (tertiary/aromatic N) is 2. The third-order valence-corrected chi connectivity index (χ3v) is 3.45. The zero-order valence-corrected chi connectivity index (χ0v) is 9.52. The average Bonchev–Trinajstić information content (AvgIpc) is 2.96. The van der Waals surface area contributed by atoms with Gasteiger partial charge in [-0.3, -0.25) is 0 Å². The Balaban J connectivity index is 1.60. The lowest BCUT2D eigenvalue weighted by atomic mass is 10.2. The van der Waals surface area contributed by atoms with Crippen LogP contribution in [-0.2, 0) is 0 Å². The third-order valence-electron chi connectivity index (χ3n) is 3.45. The van der Waals surface area contributed by atoms with Crippen LogP contribution >= 0.6 is 0 Å². The molecule has 1 fully saturated rings. The molecule has 1 aromatic carbocycles. The summed E-state index contributed by atoms with van der Waals surface area (Å²) < 4.78 is 0. The highest BCUT2D eigenvalue weighted by Crippen LogP contribution is 2.32. The molecule has 0 amide bonds. The number of nitrogens with one attached hydrogen (secondary N) is 1. The summed E-state index contributed by atoms with van der Waals surface area (Å²) in [7, 11) is 0. The van der Waals surface area contributed by atoms with Crippen LogP contribution in [0.2, 0.25) is 0 Å². The number of likely N-dealkylation sites (tertiary alicyclic amines) is 1. The summed E-state index contributed by atoms with van der Waals surface area (Å²) in [5, 5.41) is 3.31. The molecule has 16 heavy (non-hydrogen) atoms. The van der Waals surface area contributed by atoms with Crippen molar-refractivity contribution in [2.75, 3.05) is 36.4 Å². The number of para-hydroxylation sites is 2. The average molecular weight is 216 g/mol. The van der Waals surface area contributed by atoms with E-state index in [-0.39, 0.29) is 0 Å². The summed E-state index contributed by atoms with van der Waals surface area (Å²) in [4.78, 5) is 4.86. The highest BCUT2D eigenvalue weighted by Gasteiger charge is 2.19. The van der Waals surface area contributed by atoms with Gasteiger partial charge in [0.05, 0.1) is 11.4 Å². The third kappa shape index (κ3) is 1.87. The van der Waals surface area contributed by atoms with Gasteiger partial charge in [-0.25, -0.2) is 0 Å². The van der Waals surface area contributed by atoms with Gasteiger partial charge in [-0.1, -0.05) is 12.1 Å². The molecule has 0 saturated carbocycles. The largest absolute Gasteiger partial charge is 0.360 e. The molecule has 1 saturated heterocycles. The van der Waals surface area contributed by atoms with Gasteiger partial charge in [0, 0.05) is 13.1 Å². The van der Waals surface area contributed by atoms with Gasteiger partial charge in [0.25, 0.3) is 0 Å². The van der Waals surface area contributed by atoms with Crippen molar-refractivity contribution in [1.82, 2.24) is 4.90 Å². The van der Waals surface area contributed by atoms with Gasteiger partial charge in [-0.15, -0.1) is 0 Å². The van der Waals surface area contributed by atoms with Crippen molar-refractivity contribution in [3.05, 3.63) is 30.9 Å². The fraction of sp³-hybridized carbons (Fsp3) is 0.462. The van der Waals surface area contributed by atoms with E-state index in [4.69, 9.17) is 0 Å². The van der Waals surface area contributed by atoms with Crippen molar-refractivity contribution in [2.45, 2.75) is 12.8 Å². The first-order chi connectivity index (χ1) is 7.93. The quantitative estimate of drug-likeness (QED) is 0.835. The first-order valence-electron chi connectivity index (χ1n) is 6.11. The van der Waals surface area contributed by atoms with Crippen molar-refractivity contribution < 1.29 is 0 Å². The van der Waals surface area contributed by atoms with Gasteiger partial charge < -0.3 is 15.1 Å². The van der Waals surface area contributed by atoms with E-state index < -0.39 is 0 Å². The molecule has 3 nitrogen and oxygen atoms in total. The molecule has 0 aromatic heterocycles. The van der Waals surface area contributed by atoms with Gasteiger partial charge in [0.15, 0.2) is 0 Å². The molecule has 0 bridgehead atoms. The molecule has 1 aromatic rings. The van der Waals surface area contributed by atoms with Gasteiger partial charge >= 0.3 is 0 Å². The van der Waals surface area contributed by atoms with Crippen LogP contribution in [-0.4, -0.2) is 31.1 Å². The van der Waals surface area contributed by atoms with Crippen molar-refractivity contribution in [3.8, 4) is 0 Å². The molecule has 0 unspecified atom stereocenters. The lowest BCUT2D eigenvalue weighted by Gasteiger charge is -2.21. The van der Waals surface area contributed by atoms with Crippen LogP contribution in [0.15, 0.2) is 24.3 Å². The molecule has 85 valence electrons. The Morgan fingerprint density at radius 2 is 1.88 bits per heavy atom. The lowest BCUT2D eigenvalue weighted by Crippen LogP contribution is -2.31. The van der Waals surface area contributed by atoms with Crippen molar-refractivity contribution in [3.63, 3.8) is 0 Å². The maximum absolute atomic E-state index is 3.31. The number of benzene rings is 1.